The Morgan fingerprint density at radius 3 is 2.87 bits per heavy atom. The number of hydrogen-bond donors (Lipinski definition) is 2. The SMILES string of the molecule is CC(C)OCCNc1cccc(Cl)c1N. The molecule has 15 heavy (non-hydrogen) atoms. The molecule has 0 aliphatic heterocycles. The van der Waals surface area contributed by atoms with Crippen molar-refractivity contribution in [2.75, 3.05) is 24.2 Å². The van der Waals surface area contributed by atoms with Crippen molar-refractivity contribution in [3.8, 4) is 0 Å². The maximum Gasteiger partial charge on any atom is 0.0739 e. The van der Waals surface area contributed by atoms with Crippen LogP contribution in [0.25, 0.3) is 0 Å². The lowest BCUT2D eigenvalue weighted by molar-refractivity contribution is 0.0871. The van der Waals surface area contributed by atoms with Gasteiger partial charge in [0.2, 0.25) is 0 Å². The van der Waals surface area contributed by atoms with Crippen LogP contribution < -0.4 is 11.1 Å². The number of nitrogens with two attached hydrogens (primary N) is 1. The molecule has 0 saturated carbocycles. The average molecular weight is 229 g/mol. The second-order valence-corrected chi connectivity index (χ2v) is 3.95. The molecule has 0 fully saturated rings. The van der Waals surface area contributed by atoms with E-state index >= 15 is 0 Å². The Morgan fingerprint density at radius 2 is 2.20 bits per heavy atom. The number of nitrogens with one attached hydrogen (secondary N) is 1. The number of benzene rings is 1. The first kappa shape index (κ1) is 12.1. The molecule has 1 aromatic rings. The zero-order chi connectivity index (χ0) is 11.3. The van der Waals surface area contributed by atoms with E-state index in [1.165, 1.54) is 0 Å². The Bertz CT molecular complexity index is 315. The lowest BCUT2D eigenvalue weighted by Crippen LogP contribution is -2.13. The fraction of sp³-hybridized carbons (Fsp3) is 0.455. The van der Waals surface area contributed by atoms with Gasteiger partial charge in [-0.3, -0.25) is 0 Å². The summed E-state index contributed by atoms with van der Waals surface area (Å²) < 4.78 is 5.40. The van der Waals surface area contributed by atoms with Crippen LogP contribution in [0, 0.1) is 0 Å². The topological polar surface area (TPSA) is 47.3 Å². The molecule has 0 heterocycles. The van der Waals surface area contributed by atoms with Gasteiger partial charge in [-0.15, -0.1) is 0 Å². The van der Waals surface area contributed by atoms with E-state index in [1.54, 1.807) is 6.07 Å². The molecule has 1 aromatic carbocycles. The van der Waals surface area contributed by atoms with Gasteiger partial charge in [-0.05, 0) is 26.0 Å². The molecule has 0 bridgehead atoms. The number of hydrogen-bond acceptors (Lipinski definition) is 3. The summed E-state index contributed by atoms with van der Waals surface area (Å²) in [5.41, 5.74) is 7.23. The van der Waals surface area contributed by atoms with Gasteiger partial charge in [-0.25, -0.2) is 0 Å². The highest BCUT2D eigenvalue weighted by molar-refractivity contribution is 6.33. The smallest absolute Gasteiger partial charge is 0.0739 e. The zero-order valence-corrected chi connectivity index (χ0v) is 9.84. The third-order valence-electron chi connectivity index (χ3n) is 1.92. The quantitative estimate of drug-likeness (QED) is 0.602. The molecule has 0 spiro atoms. The molecule has 0 saturated heterocycles. The summed E-state index contributed by atoms with van der Waals surface area (Å²) >= 11 is 5.88. The summed E-state index contributed by atoms with van der Waals surface area (Å²) in [4.78, 5) is 0. The molecule has 4 heteroatoms. The van der Waals surface area contributed by atoms with E-state index in [0.717, 1.165) is 12.2 Å². The van der Waals surface area contributed by atoms with Crippen molar-refractivity contribution >= 4 is 23.0 Å². The predicted molar refractivity (Wildman–Crippen MR) is 65.4 cm³/mol. The second-order valence-electron chi connectivity index (χ2n) is 3.55. The minimum atomic E-state index is 0.253. The number of ether oxygens (including phenoxy) is 1. The van der Waals surface area contributed by atoms with Crippen LogP contribution in [0.4, 0.5) is 11.4 Å². The molecule has 0 aliphatic rings. The Hall–Kier alpha value is -0.930. The normalized spacial score (nSPS) is 10.7. The van der Waals surface area contributed by atoms with Crippen LogP contribution in [0.5, 0.6) is 0 Å². The number of halogens is 1. The van der Waals surface area contributed by atoms with Crippen molar-refractivity contribution in [3.05, 3.63) is 23.2 Å². The van der Waals surface area contributed by atoms with Gasteiger partial charge < -0.3 is 15.8 Å². The Morgan fingerprint density at radius 1 is 1.47 bits per heavy atom. The molecular weight excluding hydrogens is 212 g/mol. The molecule has 0 atom stereocenters. The van der Waals surface area contributed by atoms with Crippen molar-refractivity contribution in [2.45, 2.75) is 20.0 Å². The standard InChI is InChI=1S/C11H17ClN2O/c1-8(2)15-7-6-14-10-5-3-4-9(12)11(10)13/h3-5,8,14H,6-7,13H2,1-2H3. The molecule has 0 unspecified atom stereocenters. The fourth-order valence-corrected chi connectivity index (χ4v) is 1.35. The highest BCUT2D eigenvalue weighted by Gasteiger charge is 2.01. The number of anilines is 2. The maximum atomic E-state index is 5.88. The third kappa shape index (κ3) is 3.98. The van der Waals surface area contributed by atoms with Gasteiger partial charge in [0.05, 0.1) is 29.1 Å². The molecule has 0 aliphatic carbocycles. The lowest BCUT2D eigenvalue weighted by Gasteiger charge is -2.11. The summed E-state index contributed by atoms with van der Waals surface area (Å²) in [6.07, 6.45) is 0.253. The third-order valence-corrected chi connectivity index (χ3v) is 2.25. The van der Waals surface area contributed by atoms with Crippen molar-refractivity contribution in [3.63, 3.8) is 0 Å². The highest BCUT2D eigenvalue weighted by atomic mass is 35.5. The van der Waals surface area contributed by atoms with E-state index in [0.29, 0.717) is 17.3 Å². The molecule has 0 amide bonds. The lowest BCUT2D eigenvalue weighted by atomic mass is 10.2. The minimum Gasteiger partial charge on any atom is -0.396 e. The van der Waals surface area contributed by atoms with E-state index in [4.69, 9.17) is 22.1 Å². The summed E-state index contributed by atoms with van der Waals surface area (Å²) in [6.45, 7) is 5.40. The van der Waals surface area contributed by atoms with Gasteiger partial charge in [-0.1, -0.05) is 17.7 Å². The van der Waals surface area contributed by atoms with Crippen LogP contribution in [0.3, 0.4) is 0 Å². The zero-order valence-electron chi connectivity index (χ0n) is 9.09. The molecule has 3 N–H and O–H groups in total. The van der Waals surface area contributed by atoms with Gasteiger partial charge in [0.25, 0.3) is 0 Å². The van der Waals surface area contributed by atoms with E-state index < -0.39 is 0 Å². The van der Waals surface area contributed by atoms with Gasteiger partial charge >= 0.3 is 0 Å². The monoisotopic (exact) mass is 228 g/mol. The molecule has 1 rings (SSSR count). The van der Waals surface area contributed by atoms with E-state index in [9.17, 15) is 0 Å². The van der Waals surface area contributed by atoms with Crippen LogP contribution >= 0.6 is 11.6 Å². The van der Waals surface area contributed by atoms with Gasteiger partial charge in [-0.2, -0.15) is 0 Å². The van der Waals surface area contributed by atoms with E-state index in [2.05, 4.69) is 5.32 Å². The summed E-state index contributed by atoms with van der Waals surface area (Å²) in [6, 6.07) is 5.54. The number of nitrogen functional groups attached to an aromatic ring is 1. The number of rotatable bonds is 5. The van der Waals surface area contributed by atoms with Crippen LogP contribution in [0.1, 0.15) is 13.8 Å². The first-order chi connectivity index (χ1) is 7.11. The molecule has 84 valence electrons. The molecule has 0 radical (unpaired) electrons. The summed E-state index contributed by atoms with van der Waals surface area (Å²) in [7, 11) is 0. The van der Waals surface area contributed by atoms with Crippen molar-refractivity contribution in [2.24, 2.45) is 0 Å². The second kappa shape index (κ2) is 5.83. The summed E-state index contributed by atoms with van der Waals surface area (Å²) in [5.74, 6) is 0. The summed E-state index contributed by atoms with van der Waals surface area (Å²) in [5, 5.41) is 3.75. The highest BCUT2D eigenvalue weighted by Crippen LogP contribution is 2.26. The first-order valence-electron chi connectivity index (χ1n) is 5.00. The Kier molecular flexibility index (Phi) is 4.72. The Labute approximate surface area is 95.6 Å². The molecular formula is C11H17ClN2O. The van der Waals surface area contributed by atoms with Crippen LogP contribution in [0.15, 0.2) is 18.2 Å². The van der Waals surface area contributed by atoms with Gasteiger partial charge in [0.15, 0.2) is 0 Å². The number of para-hydroxylation sites is 1. The van der Waals surface area contributed by atoms with Crippen LogP contribution in [0.2, 0.25) is 5.02 Å². The maximum absolute atomic E-state index is 5.88. The fourth-order valence-electron chi connectivity index (χ4n) is 1.17. The minimum absolute atomic E-state index is 0.253. The van der Waals surface area contributed by atoms with Crippen molar-refractivity contribution in [1.29, 1.82) is 0 Å². The predicted octanol–water partition coefficient (Wildman–Crippen LogP) is 2.76. The van der Waals surface area contributed by atoms with E-state index in [-0.39, 0.29) is 6.10 Å². The Balaban J connectivity index is 2.41. The van der Waals surface area contributed by atoms with Gasteiger partial charge in [0.1, 0.15) is 0 Å². The van der Waals surface area contributed by atoms with Crippen molar-refractivity contribution in [1.82, 2.24) is 0 Å². The van der Waals surface area contributed by atoms with Crippen molar-refractivity contribution < 1.29 is 4.74 Å². The average Bonchev–Trinajstić information content (AvgIpc) is 2.18. The molecule has 0 aromatic heterocycles. The largest absolute Gasteiger partial charge is 0.396 e. The van der Waals surface area contributed by atoms with Crippen LogP contribution in [-0.2, 0) is 4.74 Å². The molecule has 3 nitrogen and oxygen atoms in total. The van der Waals surface area contributed by atoms with E-state index in [1.807, 2.05) is 26.0 Å². The van der Waals surface area contributed by atoms with Crippen LogP contribution in [-0.4, -0.2) is 19.3 Å². The first-order valence-corrected chi connectivity index (χ1v) is 5.38. The van der Waals surface area contributed by atoms with Gasteiger partial charge in [0, 0.05) is 6.54 Å².